The van der Waals surface area contributed by atoms with E-state index < -0.39 is 0 Å². The normalized spacial score (nSPS) is 9.32. The Hall–Kier alpha value is -2.07. The van der Waals surface area contributed by atoms with Crippen molar-refractivity contribution in [3.05, 3.63) is 59.9 Å². The Morgan fingerprint density at radius 3 is 2.32 bits per heavy atom. The number of carbonyl (C=O) groups excluding carboxylic acids is 1. The van der Waals surface area contributed by atoms with E-state index in [1.165, 1.54) is 0 Å². The fourth-order valence-electron chi connectivity index (χ4n) is 1.44. The fraction of sp³-hybridized carbons (Fsp3) is 0.143. The lowest BCUT2D eigenvalue weighted by Crippen LogP contribution is -2.05. The standard InChI is InChI=1S/C14H13NO3.ClH/c1-17-13-4-2-12(3-5-13)14(16)18-10-11-6-8-15-9-7-11;/h2-9H,10H2,1H3;1H. The third-order valence-electron chi connectivity index (χ3n) is 2.45. The van der Waals surface area contributed by atoms with Gasteiger partial charge in [0, 0.05) is 12.4 Å². The third-order valence-corrected chi connectivity index (χ3v) is 2.45. The zero-order valence-corrected chi connectivity index (χ0v) is 11.2. The predicted octanol–water partition coefficient (Wildman–Crippen LogP) is 2.87. The largest absolute Gasteiger partial charge is 0.497 e. The van der Waals surface area contributed by atoms with Crippen LogP contribution in [0.4, 0.5) is 0 Å². The molecule has 1 aromatic carbocycles. The average Bonchev–Trinajstić information content (AvgIpc) is 2.46. The maximum absolute atomic E-state index is 11.7. The summed E-state index contributed by atoms with van der Waals surface area (Å²) in [7, 11) is 1.58. The molecule has 0 aliphatic heterocycles. The molecule has 0 bridgehead atoms. The lowest BCUT2D eigenvalue weighted by molar-refractivity contribution is 0.0472. The monoisotopic (exact) mass is 279 g/mol. The summed E-state index contributed by atoms with van der Waals surface area (Å²) in [6, 6.07) is 10.4. The second-order valence-electron chi connectivity index (χ2n) is 3.66. The maximum Gasteiger partial charge on any atom is 0.338 e. The highest BCUT2D eigenvalue weighted by atomic mass is 35.5. The Balaban J connectivity index is 0.00000180. The first-order valence-corrected chi connectivity index (χ1v) is 5.49. The average molecular weight is 280 g/mol. The van der Waals surface area contributed by atoms with Gasteiger partial charge in [-0.2, -0.15) is 0 Å². The van der Waals surface area contributed by atoms with E-state index in [-0.39, 0.29) is 25.0 Å². The minimum absolute atomic E-state index is 0. The van der Waals surface area contributed by atoms with Gasteiger partial charge in [-0.1, -0.05) is 0 Å². The van der Waals surface area contributed by atoms with Crippen molar-refractivity contribution in [3.63, 3.8) is 0 Å². The number of methoxy groups -OCH3 is 1. The van der Waals surface area contributed by atoms with E-state index in [2.05, 4.69) is 4.98 Å². The van der Waals surface area contributed by atoms with E-state index in [1.807, 2.05) is 0 Å². The van der Waals surface area contributed by atoms with Gasteiger partial charge < -0.3 is 9.47 Å². The fourth-order valence-corrected chi connectivity index (χ4v) is 1.44. The van der Waals surface area contributed by atoms with Gasteiger partial charge in [-0.05, 0) is 42.0 Å². The SMILES string of the molecule is COc1ccc(C(=O)OCc2ccncc2)cc1.Cl. The van der Waals surface area contributed by atoms with Gasteiger partial charge in [0.15, 0.2) is 0 Å². The van der Waals surface area contributed by atoms with Crippen molar-refractivity contribution in [2.45, 2.75) is 6.61 Å². The second kappa shape index (κ2) is 7.38. The molecule has 0 aliphatic rings. The molecule has 5 heteroatoms. The molecule has 0 amide bonds. The molecular weight excluding hydrogens is 266 g/mol. The summed E-state index contributed by atoms with van der Waals surface area (Å²) in [5.41, 5.74) is 1.41. The highest BCUT2D eigenvalue weighted by molar-refractivity contribution is 5.89. The summed E-state index contributed by atoms with van der Waals surface area (Å²) in [4.78, 5) is 15.6. The van der Waals surface area contributed by atoms with E-state index >= 15 is 0 Å². The number of ether oxygens (including phenoxy) is 2. The number of hydrogen-bond donors (Lipinski definition) is 0. The molecule has 1 heterocycles. The van der Waals surface area contributed by atoms with Crippen molar-refractivity contribution in [1.29, 1.82) is 0 Å². The minimum atomic E-state index is -0.352. The third kappa shape index (κ3) is 4.26. The first-order chi connectivity index (χ1) is 8.79. The van der Waals surface area contributed by atoms with E-state index in [1.54, 1.807) is 55.9 Å². The van der Waals surface area contributed by atoms with Crippen LogP contribution < -0.4 is 4.74 Å². The van der Waals surface area contributed by atoms with Crippen molar-refractivity contribution in [3.8, 4) is 5.75 Å². The van der Waals surface area contributed by atoms with Gasteiger partial charge in [0.25, 0.3) is 0 Å². The molecule has 0 fully saturated rings. The summed E-state index contributed by atoms with van der Waals surface area (Å²) in [5.74, 6) is 0.357. The van der Waals surface area contributed by atoms with Crippen LogP contribution in [0.25, 0.3) is 0 Å². The quantitative estimate of drug-likeness (QED) is 0.808. The zero-order chi connectivity index (χ0) is 12.8. The number of esters is 1. The van der Waals surface area contributed by atoms with Crippen LogP contribution >= 0.6 is 12.4 Å². The van der Waals surface area contributed by atoms with E-state index in [0.717, 1.165) is 5.56 Å². The van der Waals surface area contributed by atoms with Gasteiger partial charge in [0.2, 0.25) is 0 Å². The van der Waals surface area contributed by atoms with Gasteiger partial charge in [-0.25, -0.2) is 4.79 Å². The number of hydrogen-bond acceptors (Lipinski definition) is 4. The summed E-state index contributed by atoms with van der Waals surface area (Å²) < 4.78 is 10.2. The molecule has 0 saturated heterocycles. The van der Waals surface area contributed by atoms with Crippen LogP contribution in [0.1, 0.15) is 15.9 Å². The highest BCUT2D eigenvalue weighted by Gasteiger charge is 2.07. The van der Waals surface area contributed by atoms with Gasteiger partial charge in [-0.3, -0.25) is 4.98 Å². The second-order valence-corrected chi connectivity index (χ2v) is 3.66. The number of nitrogens with zero attached hydrogens (tertiary/aromatic N) is 1. The van der Waals surface area contributed by atoms with E-state index in [9.17, 15) is 4.79 Å². The number of carbonyl (C=O) groups is 1. The van der Waals surface area contributed by atoms with Gasteiger partial charge in [0.1, 0.15) is 12.4 Å². The topological polar surface area (TPSA) is 48.4 Å². The molecule has 4 nitrogen and oxygen atoms in total. The smallest absolute Gasteiger partial charge is 0.338 e. The molecule has 19 heavy (non-hydrogen) atoms. The minimum Gasteiger partial charge on any atom is -0.497 e. The molecule has 0 spiro atoms. The van der Waals surface area contributed by atoms with Crippen LogP contribution in [0, 0.1) is 0 Å². The predicted molar refractivity (Wildman–Crippen MR) is 73.6 cm³/mol. The van der Waals surface area contributed by atoms with Crippen LogP contribution in [0.2, 0.25) is 0 Å². The first-order valence-electron chi connectivity index (χ1n) is 5.49. The Kier molecular flexibility index (Phi) is 5.82. The Labute approximate surface area is 117 Å². The maximum atomic E-state index is 11.7. The van der Waals surface area contributed by atoms with Gasteiger partial charge in [0.05, 0.1) is 12.7 Å². The Morgan fingerprint density at radius 1 is 1.11 bits per heavy atom. The van der Waals surface area contributed by atoms with Crippen LogP contribution in [-0.4, -0.2) is 18.1 Å². The molecule has 1 aromatic heterocycles. The van der Waals surface area contributed by atoms with Gasteiger partial charge in [-0.15, -0.1) is 12.4 Å². The molecule has 2 aromatic rings. The van der Waals surface area contributed by atoms with E-state index in [0.29, 0.717) is 11.3 Å². The van der Waals surface area contributed by atoms with Crippen molar-refractivity contribution in [2.24, 2.45) is 0 Å². The number of rotatable bonds is 4. The molecule has 0 aliphatic carbocycles. The molecule has 2 rings (SSSR count). The van der Waals surface area contributed by atoms with Crippen molar-refractivity contribution in [2.75, 3.05) is 7.11 Å². The Morgan fingerprint density at radius 2 is 1.74 bits per heavy atom. The zero-order valence-electron chi connectivity index (χ0n) is 10.4. The molecule has 0 unspecified atom stereocenters. The summed E-state index contributed by atoms with van der Waals surface area (Å²) in [6.45, 7) is 0.243. The van der Waals surface area contributed by atoms with Crippen LogP contribution in [0.3, 0.4) is 0 Å². The van der Waals surface area contributed by atoms with Crippen molar-refractivity contribution < 1.29 is 14.3 Å². The number of halogens is 1. The number of benzene rings is 1. The van der Waals surface area contributed by atoms with Crippen molar-refractivity contribution >= 4 is 18.4 Å². The molecule has 0 N–H and O–H groups in total. The lowest BCUT2D eigenvalue weighted by Gasteiger charge is -2.05. The molecular formula is C14H14ClNO3. The van der Waals surface area contributed by atoms with Gasteiger partial charge >= 0.3 is 5.97 Å². The summed E-state index contributed by atoms with van der Waals surface area (Å²) in [6.07, 6.45) is 3.33. The Bertz CT molecular complexity index is 514. The van der Waals surface area contributed by atoms with Crippen molar-refractivity contribution in [1.82, 2.24) is 4.98 Å². The molecule has 0 radical (unpaired) electrons. The molecule has 0 atom stereocenters. The molecule has 100 valence electrons. The number of pyridine rings is 1. The lowest BCUT2D eigenvalue weighted by atomic mass is 10.2. The van der Waals surface area contributed by atoms with Crippen LogP contribution in [-0.2, 0) is 11.3 Å². The summed E-state index contributed by atoms with van der Waals surface area (Å²) in [5, 5.41) is 0. The van der Waals surface area contributed by atoms with Crippen LogP contribution in [0.5, 0.6) is 5.75 Å². The highest BCUT2D eigenvalue weighted by Crippen LogP contribution is 2.12. The number of aromatic nitrogens is 1. The van der Waals surface area contributed by atoms with Crippen LogP contribution in [0.15, 0.2) is 48.8 Å². The first kappa shape index (κ1) is 15.0. The molecule has 0 saturated carbocycles. The van der Waals surface area contributed by atoms with E-state index in [4.69, 9.17) is 9.47 Å². The summed E-state index contributed by atoms with van der Waals surface area (Å²) >= 11 is 0.